The predicted molar refractivity (Wildman–Crippen MR) is 117 cm³/mol. The summed E-state index contributed by atoms with van der Waals surface area (Å²) in [5, 5.41) is 22.2. The van der Waals surface area contributed by atoms with Gasteiger partial charge in [-0.2, -0.15) is 0 Å². The molecule has 0 bridgehead atoms. The Morgan fingerprint density at radius 3 is 1.78 bits per heavy atom. The van der Waals surface area contributed by atoms with Crippen molar-refractivity contribution in [3.8, 4) is 11.5 Å². The summed E-state index contributed by atoms with van der Waals surface area (Å²) in [6.07, 6.45) is 1.33. The molecule has 3 heteroatoms. The fraction of sp³-hybridized carbons (Fsp3) is 0.250. The molecule has 0 aliphatic heterocycles. The van der Waals surface area contributed by atoms with Gasteiger partial charge < -0.3 is 10.2 Å². The van der Waals surface area contributed by atoms with Gasteiger partial charge >= 0.3 is 0 Å². The Morgan fingerprint density at radius 1 is 0.704 bits per heavy atom. The molecule has 0 saturated heterocycles. The highest BCUT2D eigenvalue weighted by Crippen LogP contribution is 2.30. The van der Waals surface area contributed by atoms with E-state index in [-0.39, 0.29) is 0 Å². The Balaban J connectivity index is 2.04. The van der Waals surface area contributed by atoms with Gasteiger partial charge in [-0.15, -0.1) is 9.24 Å². The highest BCUT2D eigenvalue weighted by atomic mass is 31.0. The van der Waals surface area contributed by atoms with Crippen molar-refractivity contribution in [1.82, 2.24) is 0 Å². The summed E-state index contributed by atoms with van der Waals surface area (Å²) in [6.45, 7) is 7.98. The van der Waals surface area contributed by atoms with Crippen molar-refractivity contribution in [1.29, 1.82) is 0 Å². The van der Waals surface area contributed by atoms with Crippen LogP contribution in [-0.2, 0) is 12.8 Å². The average molecular weight is 378 g/mol. The minimum Gasteiger partial charge on any atom is -0.507 e. The molecule has 2 nitrogen and oxygen atoms in total. The van der Waals surface area contributed by atoms with Gasteiger partial charge in [0, 0.05) is 12.8 Å². The third kappa shape index (κ3) is 4.17. The lowest BCUT2D eigenvalue weighted by atomic mass is 9.92. The second-order valence-corrected chi connectivity index (χ2v) is 8.14. The van der Waals surface area contributed by atoms with Gasteiger partial charge in [-0.3, -0.25) is 0 Å². The van der Waals surface area contributed by atoms with Crippen molar-refractivity contribution >= 4 is 14.5 Å². The van der Waals surface area contributed by atoms with Crippen molar-refractivity contribution in [2.75, 3.05) is 0 Å². The van der Waals surface area contributed by atoms with Crippen molar-refractivity contribution in [2.45, 2.75) is 40.5 Å². The Hall–Kier alpha value is -2.31. The van der Waals surface area contributed by atoms with E-state index in [4.69, 9.17) is 0 Å². The molecular formula is C24H27O2P. The van der Waals surface area contributed by atoms with E-state index in [0.29, 0.717) is 24.3 Å². The van der Waals surface area contributed by atoms with Gasteiger partial charge in [0.15, 0.2) is 0 Å². The highest BCUT2D eigenvalue weighted by Gasteiger charge is 2.14. The van der Waals surface area contributed by atoms with Crippen LogP contribution in [0.4, 0.5) is 0 Å². The maximum atomic E-state index is 10.5. The standard InChI is InChI=1S/C24H27O2P/c1-14-8-16(3)23(25)19(10-14)12-18-6-5-7-22(27)21(18)13-20-11-15(2)9-17(4)24(20)26/h5-11,25-26H,12-13,27H2,1-4H3. The molecule has 0 aliphatic rings. The van der Waals surface area contributed by atoms with Crippen LogP contribution in [0.5, 0.6) is 11.5 Å². The van der Waals surface area contributed by atoms with E-state index < -0.39 is 0 Å². The summed E-state index contributed by atoms with van der Waals surface area (Å²) < 4.78 is 0. The summed E-state index contributed by atoms with van der Waals surface area (Å²) in [5.74, 6) is 0.740. The number of aryl methyl sites for hydroxylation is 4. The molecule has 0 aliphatic carbocycles. The van der Waals surface area contributed by atoms with Crippen molar-refractivity contribution in [3.05, 3.63) is 87.0 Å². The van der Waals surface area contributed by atoms with Crippen molar-refractivity contribution < 1.29 is 10.2 Å². The number of benzene rings is 3. The van der Waals surface area contributed by atoms with Crippen LogP contribution >= 0.6 is 9.24 Å². The zero-order chi connectivity index (χ0) is 19.7. The van der Waals surface area contributed by atoms with Crippen LogP contribution in [0.15, 0.2) is 42.5 Å². The monoisotopic (exact) mass is 378 g/mol. The number of rotatable bonds is 4. The van der Waals surface area contributed by atoms with E-state index in [0.717, 1.165) is 38.7 Å². The van der Waals surface area contributed by atoms with Crippen LogP contribution in [0.25, 0.3) is 0 Å². The zero-order valence-electron chi connectivity index (χ0n) is 16.4. The molecule has 3 aromatic carbocycles. The number of hydrogen-bond donors (Lipinski definition) is 2. The van der Waals surface area contributed by atoms with Gasteiger partial charge in [-0.05, 0) is 66.4 Å². The molecule has 0 radical (unpaired) electrons. The van der Waals surface area contributed by atoms with Crippen LogP contribution in [0.2, 0.25) is 0 Å². The molecule has 27 heavy (non-hydrogen) atoms. The summed E-state index contributed by atoms with van der Waals surface area (Å²) in [6, 6.07) is 14.3. The molecule has 0 aromatic heterocycles. The molecule has 140 valence electrons. The van der Waals surface area contributed by atoms with Crippen LogP contribution in [0.1, 0.15) is 44.5 Å². The lowest BCUT2D eigenvalue weighted by Crippen LogP contribution is -2.09. The van der Waals surface area contributed by atoms with E-state index in [1.54, 1.807) is 0 Å². The third-order valence-corrected chi connectivity index (χ3v) is 5.65. The Morgan fingerprint density at radius 2 is 1.22 bits per heavy atom. The second-order valence-electron chi connectivity index (χ2n) is 7.52. The first-order chi connectivity index (χ1) is 12.8. The lowest BCUT2D eigenvalue weighted by Gasteiger charge is -2.16. The number of hydrogen-bond acceptors (Lipinski definition) is 2. The van der Waals surface area contributed by atoms with Crippen LogP contribution in [0.3, 0.4) is 0 Å². The summed E-state index contributed by atoms with van der Waals surface area (Å²) in [7, 11) is 2.81. The number of phenols is 2. The largest absolute Gasteiger partial charge is 0.507 e. The summed E-state index contributed by atoms with van der Waals surface area (Å²) in [5.41, 5.74) is 8.33. The van der Waals surface area contributed by atoms with Crippen molar-refractivity contribution in [2.24, 2.45) is 0 Å². The quantitative estimate of drug-likeness (QED) is 0.626. The Labute approximate surface area is 164 Å². The topological polar surface area (TPSA) is 40.5 Å². The molecule has 0 heterocycles. The van der Waals surface area contributed by atoms with E-state index >= 15 is 0 Å². The maximum absolute atomic E-state index is 10.5. The molecule has 0 spiro atoms. The smallest absolute Gasteiger partial charge is 0.122 e. The van der Waals surface area contributed by atoms with E-state index in [2.05, 4.69) is 47.4 Å². The SMILES string of the molecule is Cc1cc(C)c(O)c(Cc2cccc(P)c2Cc2cc(C)cc(C)c2O)c1. The second kappa shape index (κ2) is 7.74. The molecule has 3 rings (SSSR count). The van der Waals surface area contributed by atoms with Gasteiger partial charge in [0.2, 0.25) is 0 Å². The summed E-state index contributed by atoms with van der Waals surface area (Å²) >= 11 is 0. The van der Waals surface area contributed by atoms with E-state index in [9.17, 15) is 10.2 Å². The highest BCUT2D eigenvalue weighted by molar-refractivity contribution is 7.27. The fourth-order valence-corrected chi connectivity index (χ4v) is 4.20. The Bertz CT molecular complexity index is 1010. The first kappa shape index (κ1) is 19.5. The number of aromatic hydroxyl groups is 2. The third-order valence-electron chi connectivity index (χ3n) is 5.10. The molecule has 2 N–H and O–H groups in total. The number of phenolic OH excluding ortho intramolecular Hbond substituents is 2. The zero-order valence-corrected chi connectivity index (χ0v) is 17.6. The average Bonchev–Trinajstić information content (AvgIpc) is 2.59. The normalized spacial score (nSPS) is 11.0. The van der Waals surface area contributed by atoms with Gasteiger partial charge in [-0.1, -0.05) is 53.6 Å². The maximum Gasteiger partial charge on any atom is 0.122 e. The van der Waals surface area contributed by atoms with Gasteiger partial charge in [-0.25, -0.2) is 0 Å². The van der Waals surface area contributed by atoms with Crippen molar-refractivity contribution in [3.63, 3.8) is 0 Å². The lowest BCUT2D eigenvalue weighted by molar-refractivity contribution is 0.464. The van der Waals surface area contributed by atoms with Gasteiger partial charge in [0.1, 0.15) is 11.5 Å². The molecule has 0 amide bonds. The van der Waals surface area contributed by atoms with Crippen LogP contribution in [-0.4, -0.2) is 10.2 Å². The van der Waals surface area contributed by atoms with Gasteiger partial charge in [0.25, 0.3) is 0 Å². The molecule has 0 saturated carbocycles. The fourth-order valence-electron chi connectivity index (χ4n) is 3.80. The molecule has 0 fully saturated rings. The van der Waals surface area contributed by atoms with E-state index in [1.807, 2.05) is 32.0 Å². The minimum atomic E-state index is 0.369. The van der Waals surface area contributed by atoms with Crippen LogP contribution < -0.4 is 5.30 Å². The minimum absolute atomic E-state index is 0.369. The van der Waals surface area contributed by atoms with Crippen LogP contribution in [0, 0.1) is 27.7 Å². The first-order valence-electron chi connectivity index (χ1n) is 9.20. The predicted octanol–water partition coefficient (Wildman–Crippen LogP) is 5.01. The van der Waals surface area contributed by atoms with Gasteiger partial charge in [0.05, 0.1) is 0 Å². The Kier molecular flexibility index (Phi) is 5.58. The molecular weight excluding hydrogens is 351 g/mol. The molecule has 1 unspecified atom stereocenters. The molecule has 1 atom stereocenters. The molecule has 3 aromatic rings. The summed E-state index contributed by atoms with van der Waals surface area (Å²) in [4.78, 5) is 0. The van der Waals surface area contributed by atoms with E-state index in [1.165, 1.54) is 11.1 Å². The first-order valence-corrected chi connectivity index (χ1v) is 9.78.